The van der Waals surface area contributed by atoms with Crippen molar-refractivity contribution >= 4 is 27.1 Å². The van der Waals surface area contributed by atoms with Gasteiger partial charge in [-0.25, -0.2) is 0 Å². The Morgan fingerprint density at radius 1 is 0.436 bits per heavy atom. The second-order valence-electron chi connectivity index (χ2n) is 9.39. The number of benzene rings is 4. The summed E-state index contributed by atoms with van der Waals surface area (Å²) >= 11 is 0. The lowest BCUT2D eigenvalue weighted by molar-refractivity contribution is 0.528. The van der Waals surface area contributed by atoms with Crippen LogP contribution in [0.15, 0.2) is 146 Å². The van der Waals surface area contributed by atoms with Crippen LogP contribution < -0.4 is 13.3 Å². The summed E-state index contributed by atoms with van der Waals surface area (Å²) in [7, 11) is -5.31. The minimum Gasteiger partial charge on any atom is -0.542 e. The van der Waals surface area contributed by atoms with Gasteiger partial charge in [-0.1, -0.05) is 108 Å². The molecule has 0 heterocycles. The van der Waals surface area contributed by atoms with E-state index < -0.39 is 27.1 Å². The third-order valence-corrected chi connectivity index (χ3v) is 12.3. The average molecular weight is 565 g/mol. The van der Waals surface area contributed by atoms with Crippen LogP contribution in [0, 0.1) is 0 Å². The standard InChI is InChI=1S/C33H36O3Si3/c1-4-37(25-28-16-10-7-11-17-28)34-31-22-32(35-38(5-2)26-29-18-12-8-13-19-29)24-33(23-31)36-39(6-3)27-30-20-14-9-15-21-30/h4-24,37-39H,1-3,25-27H2. The molecule has 198 valence electrons. The third-order valence-electron chi connectivity index (χ3n) is 6.34. The summed E-state index contributed by atoms with van der Waals surface area (Å²) in [6.45, 7) is 12.2. The molecule has 3 nitrogen and oxygen atoms in total. The Hall–Kier alpha value is -3.85. The van der Waals surface area contributed by atoms with Gasteiger partial charge in [0.25, 0.3) is 27.1 Å². The van der Waals surface area contributed by atoms with Gasteiger partial charge in [0.1, 0.15) is 17.2 Å². The molecule has 0 aromatic heterocycles. The van der Waals surface area contributed by atoms with Gasteiger partial charge in [-0.2, -0.15) is 0 Å². The van der Waals surface area contributed by atoms with Gasteiger partial charge in [0, 0.05) is 36.3 Å². The maximum atomic E-state index is 6.56. The molecule has 0 bridgehead atoms. The first-order valence-corrected chi connectivity index (χ1v) is 19.2. The molecule has 4 rings (SSSR count). The summed E-state index contributed by atoms with van der Waals surface area (Å²) in [5.74, 6) is 2.26. The molecule has 3 atom stereocenters. The fourth-order valence-electron chi connectivity index (χ4n) is 4.33. The summed E-state index contributed by atoms with van der Waals surface area (Å²) in [6.07, 6.45) is 0. The molecule has 0 radical (unpaired) electrons. The van der Waals surface area contributed by atoms with E-state index in [4.69, 9.17) is 13.3 Å². The lowest BCUT2D eigenvalue weighted by atomic mass is 10.2. The highest BCUT2D eigenvalue weighted by atomic mass is 28.3. The van der Waals surface area contributed by atoms with Crippen molar-refractivity contribution in [3.63, 3.8) is 0 Å². The van der Waals surface area contributed by atoms with Crippen LogP contribution in [-0.2, 0) is 18.1 Å². The SMILES string of the molecule is C=C[SiH](Cc1ccccc1)Oc1cc(O[SiH](C=C)Cc2ccccc2)cc(O[SiH](C=C)Cc2ccccc2)c1. The van der Waals surface area contributed by atoms with Gasteiger partial charge in [0.05, 0.1) is 0 Å². The van der Waals surface area contributed by atoms with E-state index in [1.807, 2.05) is 53.5 Å². The van der Waals surface area contributed by atoms with Gasteiger partial charge in [-0.05, 0) is 16.7 Å². The Bertz CT molecular complexity index is 1150. The van der Waals surface area contributed by atoms with Crippen molar-refractivity contribution in [1.29, 1.82) is 0 Å². The second-order valence-corrected chi connectivity index (χ2v) is 16.0. The molecule has 3 unspecified atom stereocenters. The van der Waals surface area contributed by atoms with E-state index in [9.17, 15) is 0 Å². The normalized spacial score (nSPS) is 12.9. The minimum atomic E-state index is -1.77. The Labute approximate surface area is 237 Å². The second kappa shape index (κ2) is 14.9. The quantitative estimate of drug-likeness (QED) is 0.154. The van der Waals surface area contributed by atoms with E-state index in [1.54, 1.807) is 0 Å². The first-order chi connectivity index (χ1) is 19.1. The van der Waals surface area contributed by atoms with Crippen LogP contribution in [-0.4, -0.2) is 27.1 Å². The van der Waals surface area contributed by atoms with Gasteiger partial charge in [0.2, 0.25) is 0 Å². The van der Waals surface area contributed by atoms with Gasteiger partial charge >= 0.3 is 0 Å². The lowest BCUT2D eigenvalue weighted by Crippen LogP contribution is -2.25. The van der Waals surface area contributed by atoms with Crippen LogP contribution in [0.5, 0.6) is 17.2 Å². The topological polar surface area (TPSA) is 27.7 Å². The molecule has 0 aliphatic rings. The van der Waals surface area contributed by atoms with E-state index >= 15 is 0 Å². The van der Waals surface area contributed by atoms with Crippen molar-refractivity contribution in [3.8, 4) is 17.2 Å². The zero-order valence-corrected chi connectivity index (χ0v) is 25.8. The van der Waals surface area contributed by atoms with Crippen LogP contribution >= 0.6 is 0 Å². The molecule has 0 N–H and O–H groups in total. The maximum Gasteiger partial charge on any atom is 0.263 e. The number of hydrogen-bond donors (Lipinski definition) is 0. The zero-order valence-electron chi connectivity index (χ0n) is 22.3. The van der Waals surface area contributed by atoms with E-state index in [1.165, 1.54) is 16.7 Å². The number of hydrogen-bond acceptors (Lipinski definition) is 3. The van der Waals surface area contributed by atoms with Crippen molar-refractivity contribution in [2.45, 2.75) is 18.1 Å². The first kappa shape index (κ1) is 28.2. The summed E-state index contributed by atoms with van der Waals surface area (Å²) < 4.78 is 19.7. The molecular weight excluding hydrogens is 529 g/mol. The van der Waals surface area contributed by atoms with E-state index in [2.05, 4.69) is 92.5 Å². The molecule has 0 saturated heterocycles. The molecule has 0 spiro atoms. The molecule has 4 aromatic carbocycles. The Morgan fingerprint density at radius 3 is 0.923 bits per heavy atom. The van der Waals surface area contributed by atoms with Crippen molar-refractivity contribution in [2.75, 3.05) is 0 Å². The molecule has 0 fully saturated rings. The van der Waals surface area contributed by atoms with E-state index in [-0.39, 0.29) is 0 Å². The molecule has 0 amide bonds. The van der Waals surface area contributed by atoms with Crippen molar-refractivity contribution in [2.24, 2.45) is 0 Å². The van der Waals surface area contributed by atoms with Gasteiger partial charge < -0.3 is 13.3 Å². The largest absolute Gasteiger partial charge is 0.542 e. The van der Waals surface area contributed by atoms with Crippen LogP contribution in [0.2, 0.25) is 0 Å². The minimum absolute atomic E-state index is 0.753. The molecule has 0 aliphatic carbocycles. The predicted molar refractivity (Wildman–Crippen MR) is 171 cm³/mol. The van der Waals surface area contributed by atoms with Gasteiger partial charge in [0.15, 0.2) is 0 Å². The summed E-state index contributed by atoms with van der Waals surface area (Å²) in [5.41, 5.74) is 9.70. The molecule has 6 heteroatoms. The first-order valence-electron chi connectivity index (χ1n) is 13.3. The number of rotatable bonds is 15. The smallest absolute Gasteiger partial charge is 0.263 e. The molecule has 0 aliphatic heterocycles. The molecular formula is C33H36O3Si3. The highest BCUT2D eigenvalue weighted by Gasteiger charge is 2.17. The van der Waals surface area contributed by atoms with Crippen molar-refractivity contribution < 1.29 is 13.3 Å². The van der Waals surface area contributed by atoms with Crippen LogP contribution in [0.1, 0.15) is 16.7 Å². The molecule has 4 aromatic rings. The summed E-state index contributed by atoms with van der Waals surface area (Å²) in [5, 5.41) is 0. The van der Waals surface area contributed by atoms with Crippen molar-refractivity contribution in [1.82, 2.24) is 0 Å². The highest BCUT2D eigenvalue weighted by molar-refractivity contribution is 6.58. The van der Waals surface area contributed by atoms with Gasteiger partial charge in [-0.15, -0.1) is 19.7 Å². The van der Waals surface area contributed by atoms with Crippen LogP contribution in [0.4, 0.5) is 0 Å². The predicted octanol–water partition coefficient (Wildman–Crippen LogP) is 6.52. The van der Waals surface area contributed by atoms with Gasteiger partial charge in [-0.3, -0.25) is 0 Å². The summed E-state index contributed by atoms with van der Waals surface area (Å²) in [6, 6.07) is 39.8. The third kappa shape index (κ3) is 9.14. The molecule has 39 heavy (non-hydrogen) atoms. The maximum absolute atomic E-state index is 6.56. The highest BCUT2D eigenvalue weighted by Crippen LogP contribution is 2.30. The van der Waals surface area contributed by atoms with E-state index in [0.717, 1.165) is 35.4 Å². The Morgan fingerprint density at radius 2 is 0.692 bits per heavy atom. The van der Waals surface area contributed by atoms with Crippen LogP contribution in [0.25, 0.3) is 0 Å². The summed E-state index contributed by atoms with van der Waals surface area (Å²) in [4.78, 5) is 0. The van der Waals surface area contributed by atoms with Crippen molar-refractivity contribution in [3.05, 3.63) is 163 Å². The zero-order chi connectivity index (χ0) is 27.3. The van der Waals surface area contributed by atoms with E-state index in [0.29, 0.717) is 0 Å². The Kier molecular flexibility index (Phi) is 10.8. The fourth-order valence-corrected chi connectivity index (χ4v) is 9.04. The Balaban J connectivity index is 1.56. The van der Waals surface area contributed by atoms with Crippen LogP contribution in [0.3, 0.4) is 0 Å². The lowest BCUT2D eigenvalue weighted by Gasteiger charge is -2.21. The molecule has 0 saturated carbocycles. The fraction of sp³-hybridized carbons (Fsp3) is 0.0909. The average Bonchev–Trinajstić information content (AvgIpc) is 2.97. The monoisotopic (exact) mass is 564 g/mol.